The molecule has 0 saturated carbocycles. The minimum atomic E-state index is -0.439. The first-order chi connectivity index (χ1) is 11.5. The number of methoxy groups -OCH3 is 1. The first kappa shape index (κ1) is 16.7. The van der Waals surface area contributed by atoms with Crippen LogP contribution in [-0.2, 0) is 0 Å². The van der Waals surface area contributed by atoms with Crippen LogP contribution in [0.5, 0.6) is 5.75 Å². The average Bonchev–Trinajstić information content (AvgIpc) is 2.55. The van der Waals surface area contributed by atoms with Crippen LogP contribution in [0.1, 0.15) is 10.4 Å². The maximum Gasteiger partial charge on any atom is 0.261 e. The zero-order valence-electron chi connectivity index (χ0n) is 12.5. The third kappa shape index (κ3) is 3.22. The highest BCUT2D eigenvalue weighted by Gasteiger charge is 2.15. The summed E-state index contributed by atoms with van der Waals surface area (Å²) in [5.74, 6) is 0.104. The van der Waals surface area contributed by atoms with E-state index in [-0.39, 0.29) is 11.1 Å². The summed E-state index contributed by atoms with van der Waals surface area (Å²) in [4.78, 5) is 12.5. The molecule has 2 N–H and O–H groups in total. The molecule has 0 fully saturated rings. The standard InChI is InChI=1S/C17H12Br2N2O3/c1-23-14-5-3-2-4-13(14)21-17(22)11-7-9-6-10(18)8-12(19)15(9)24-16(11)20/h2-8,20H,1H3,(H,21,22). The lowest BCUT2D eigenvalue weighted by Crippen LogP contribution is -2.21. The smallest absolute Gasteiger partial charge is 0.261 e. The number of anilines is 1. The van der Waals surface area contributed by atoms with E-state index in [1.807, 2.05) is 18.2 Å². The van der Waals surface area contributed by atoms with Gasteiger partial charge in [0.05, 0.1) is 17.3 Å². The van der Waals surface area contributed by atoms with Gasteiger partial charge in [-0.15, -0.1) is 0 Å². The van der Waals surface area contributed by atoms with E-state index in [9.17, 15) is 4.79 Å². The highest BCUT2D eigenvalue weighted by molar-refractivity contribution is 9.11. The number of benzene rings is 2. The molecule has 1 aromatic heterocycles. The van der Waals surface area contributed by atoms with Gasteiger partial charge in [-0.1, -0.05) is 28.1 Å². The van der Waals surface area contributed by atoms with E-state index in [1.165, 1.54) is 7.11 Å². The van der Waals surface area contributed by atoms with Crippen LogP contribution in [0.15, 0.2) is 55.8 Å². The molecule has 0 unspecified atom stereocenters. The number of hydrogen-bond acceptors (Lipinski definition) is 4. The van der Waals surface area contributed by atoms with Crippen molar-refractivity contribution in [1.29, 1.82) is 5.41 Å². The van der Waals surface area contributed by atoms with Gasteiger partial charge < -0.3 is 14.5 Å². The molecule has 0 aliphatic rings. The average molecular weight is 452 g/mol. The van der Waals surface area contributed by atoms with Gasteiger partial charge in [0.1, 0.15) is 11.3 Å². The second kappa shape index (κ2) is 6.78. The van der Waals surface area contributed by atoms with Crippen molar-refractivity contribution < 1.29 is 13.9 Å². The van der Waals surface area contributed by atoms with Gasteiger partial charge in [0.15, 0.2) is 5.58 Å². The van der Waals surface area contributed by atoms with Crippen LogP contribution in [0.3, 0.4) is 0 Å². The molecule has 7 heteroatoms. The van der Waals surface area contributed by atoms with Crippen LogP contribution in [-0.4, -0.2) is 13.0 Å². The molecule has 0 bridgehead atoms. The number of ether oxygens (including phenoxy) is 1. The van der Waals surface area contributed by atoms with E-state index in [0.717, 1.165) is 4.47 Å². The first-order valence-electron chi connectivity index (χ1n) is 6.91. The minimum absolute atomic E-state index is 0.137. The van der Waals surface area contributed by atoms with Crippen molar-refractivity contribution in [3.05, 3.63) is 62.5 Å². The predicted molar refractivity (Wildman–Crippen MR) is 98.4 cm³/mol. The molecule has 3 aromatic rings. The molecule has 0 saturated heterocycles. The SMILES string of the molecule is COc1ccccc1NC(=O)c1cc2cc(Br)cc(Br)c2oc1=N. The lowest BCUT2D eigenvalue weighted by Gasteiger charge is -2.10. The molecule has 0 radical (unpaired) electrons. The molecule has 1 amide bonds. The molecule has 0 atom stereocenters. The third-order valence-corrected chi connectivity index (χ3v) is 4.43. The van der Waals surface area contributed by atoms with Crippen molar-refractivity contribution in [3.8, 4) is 5.75 Å². The number of hydrogen-bond donors (Lipinski definition) is 2. The van der Waals surface area contributed by atoms with Gasteiger partial charge in [-0.25, -0.2) is 0 Å². The Hall–Kier alpha value is -2.12. The fourth-order valence-corrected chi connectivity index (χ4v) is 3.62. The summed E-state index contributed by atoms with van der Waals surface area (Å²) in [7, 11) is 1.53. The van der Waals surface area contributed by atoms with Gasteiger partial charge in [0.25, 0.3) is 5.91 Å². The Morgan fingerprint density at radius 3 is 2.71 bits per heavy atom. The minimum Gasteiger partial charge on any atom is -0.495 e. The van der Waals surface area contributed by atoms with Crippen LogP contribution in [0.2, 0.25) is 0 Å². The van der Waals surface area contributed by atoms with E-state index in [2.05, 4.69) is 37.2 Å². The number of halogens is 2. The third-order valence-electron chi connectivity index (χ3n) is 3.39. The summed E-state index contributed by atoms with van der Waals surface area (Å²) in [5.41, 5.74) is 0.966. The Balaban J connectivity index is 2.04. The molecule has 3 rings (SSSR count). The Labute approximate surface area is 154 Å². The van der Waals surface area contributed by atoms with Gasteiger partial charge in [-0.3, -0.25) is 10.2 Å². The summed E-state index contributed by atoms with van der Waals surface area (Å²) in [6.45, 7) is 0. The predicted octanol–water partition coefficient (Wildman–Crippen LogP) is 4.70. The summed E-state index contributed by atoms with van der Waals surface area (Å²) in [6, 6.07) is 12.3. The van der Waals surface area contributed by atoms with Crippen molar-refractivity contribution >= 4 is 54.4 Å². The Morgan fingerprint density at radius 1 is 1.21 bits per heavy atom. The van der Waals surface area contributed by atoms with Crippen molar-refractivity contribution in [2.45, 2.75) is 0 Å². The zero-order valence-corrected chi connectivity index (χ0v) is 15.7. The fraction of sp³-hybridized carbons (Fsp3) is 0.0588. The number of carbonyl (C=O) groups is 1. The van der Waals surface area contributed by atoms with E-state index in [1.54, 1.807) is 24.3 Å². The molecule has 0 aliphatic heterocycles. The monoisotopic (exact) mass is 450 g/mol. The lowest BCUT2D eigenvalue weighted by molar-refractivity contribution is 0.102. The number of carbonyl (C=O) groups excluding carboxylic acids is 1. The highest BCUT2D eigenvalue weighted by atomic mass is 79.9. The normalized spacial score (nSPS) is 10.6. The van der Waals surface area contributed by atoms with E-state index < -0.39 is 5.91 Å². The lowest BCUT2D eigenvalue weighted by atomic mass is 10.1. The van der Waals surface area contributed by atoms with E-state index in [0.29, 0.717) is 26.9 Å². The second-order valence-corrected chi connectivity index (χ2v) is 6.72. The summed E-state index contributed by atoms with van der Waals surface area (Å²) < 4.78 is 12.3. The molecule has 24 heavy (non-hydrogen) atoms. The fourth-order valence-electron chi connectivity index (χ4n) is 2.28. The van der Waals surface area contributed by atoms with Gasteiger partial charge in [-0.2, -0.15) is 0 Å². The summed E-state index contributed by atoms with van der Waals surface area (Å²) in [5, 5.41) is 11.5. The number of nitrogens with one attached hydrogen (secondary N) is 2. The quantitative estimate of drug-likeness (QED) is 0.606. The number of rotatable bonds is 3. The van der Waals surface area contributed by atoms with Crippen molar-refractivity contribution in [3.63, 3.8) is 0 Å². The zero-order chi connectivity index (χ0) is 17.3. The van der Waals surface area contributed by atoms with Crippen molar-refractivity contribution in [1.82, 2.24) is 0 Å². The topological polar surface area (TPSA) is 75.3 Å². The first-order valence-corrected chi connectivity index (χ1v) is 8.50. The number of para-hydroxylation sites is 2. The van der Waals surface area contributed by atoms with Crippen molar-refractivity contribution in [2.75, 3.05) is 12.4 Å². The summed E-state index contributed by atoms with van der Waals surface area (Å²) >= 11 is 6.79. The molecule has 1 heterocycles. The molecule has 2 aromatic carbocycles. The Bertz CT molecular complexity index is 999. The van der Waals surface area contributed by atoms with Gasteiger partial charge in [0.2, 0.25) is 5.55 Å². The van der Waals surface area contributed by atoms with Crippen LogP contribution in [0.25, 0.3) is 11.0 Å². The molecule has 0 spiro atoms. The van der Waals surface area contributed by atoms with E-state index >= 15 is 0 Å². The molecule has 122 valence electrons. The Morgan fingerprint density at radius 2 is 1.96 bits per heavy atom. The molecular weight excluding hydrogens is 440 g/mol. The molecule has 0 aliphatic carbocycles. The second-order valence-electron chi connectivity index (χ2n) is 4.95. The van der Waals surface area contributed by atoms with Crippen LogP contribution < -0.4 is 15.6 Å². The van der Waals surface area contributed by atoms with E-state index in [4.69, 9.17) is 14.6 Å². The summed E-state index contributed by atoms with van der Waals surface area (Å²) in [6.07, 6.45) is 0. The molecule has 5 nitrogen and oxygen atoms in total. The number of amides is 1. The van der Waals surface area contributed by atoms with Crippen LogP contribution >= 0.6 is 31.9 Å². The van der Waals surface area contributed by atoms with Crippen LogP contribution in [0, 0.1) is 5.41 Å². The van der Waals surface area contributed by atoms with Gasteiger partial charge in [-0.05, 0) is 46.3 Å². The maximum absolute atomic E-state index is 12.5. The molecular formula is C17H12Br2N2O3. The number of fused-ring (bicyclic) bond motifs is 1. The maximum atomic E-state index is 12.5. The van der Waals surface area contributed by atoms with Crippen LogP contribution in [0.4, 0.5) is 5.69 Å². The Kier molecular flexibility index (Phi) is 4.73. The van der Waals surface area contributed by atoms with Gasteiger partial charge in [0, 0.05) is 9.86 Å². The van der Waals surface area contributed by atoms with Crippen molar-refractivity contribution in [2.24, 2.45) is 0 Å². The van der Waals surface area contributed by atoms with Gasteiger partial charge >= 0.3 is 0 Å². The largest absolute Gasteiger partial charge is 0.495 e. The highest BCUT2D eigenvalue weighted by Crippen LogP contribution is 2.28.